The lowest BCUT2D eigenvalue weighted by Crippen LogP contribution is -2.49. The fourth-order valence-electron chi connectivity index (χ4n) is 3.39. The van der Waals surface area contributed by atoms with E-state index in [9.17, 15) is 4.79 Å². The average molecular weight is 368 g/mol. The van der Waals surface area contributed by atoms with Gasteiger partial charge in [-0.05, 0) is 37.1 Å². The quantitative estimate of drug-likeness (QED) is 0.807. The molecular formula is C20H24N4O3. The summed E-state index contributed by atoms with van der Waals surface area (Å²) in [6.45, 7) is 2.75. The Hall–Kier alpha value is -2.83. The number of hydrogen-bond acceptors (Lipinski definition) is 6. The van der Waals surface area contributed by atoms with Gasteiger partial charge in [0.05, 0.1) is 25.5 Å². The minimum absolute atomic E-state index is 0.0238. The van der Waals surface area contributed by atoms with Gasteiger partial charge >= 0.3 is 0 Å². The minimum Gasteiger partial charge on any atom is -0.497 e. The van der Waals surface area contributed by atoms with Crippen LogP contribution in [0.5, 0.6) is 11.5 Å². The van der Waals surface area contributed by atoms with E-state index in [1.165, 1.54) is 12.8 Å². The first-order chi connectivity index (χ1) is 13.2. The van der Waals surface area contributed by atoms with E-state index in [-0.39, 0.29) is 5.91 Å². The zero-order valence-corrected chi connectivity index (χ0v) is 15.7. The van der Waals surface area contributed by atoms with Gasteiger partial charge in [0.25, 0.3) is 5.91 Å². The highest BCUT2D eigenvalue weighted by atomic mass is 16.5. The highest BCUT2D eigenvalue weighted by Crippen LogP contribution is 2.38. The smallest absolute Gasteiger partial charge is 0.257 e. The first-order valence-corrected chi connectivity index (χ1v) is 9.29. The van der Waals surface area contributed by atoms with E-state index >= 15 is 0 Å². The summed E-state index contributed by atoms with van der Waals surface area (Å²) in [6, 6.07) is 9.41. The van der Waals surface area contributed by atoms with Gasteiger partial charge in [0.2, 0.25) is 0 Å². The number of methoxy groups -OCH3 is 2. The Bertz CT molecular complexity index is 812. The number of piperazine rings is 1. The van der Waals surface area contributed by atoms with E-state index in [2.05, 4.69) is 21.2 Å². The van der Waals surface area contributed by atoms with Gasteiger partial charge in [-0.1, -0.05) is 0 Å². The molecule has 1 aliphatic heterocycles. The number of aromatic nitrogens is 2. The molecule has 7 heteroatoms. The number of rotatable bonds is 5. The molecule has 4 rings (SSSR count). The Morgan fingerprint density at radius 2 is 1.78 bits per heavy atom. The molecule has 7 nitrogen and oxygen atoms in total. The van der Waals surface area contributed by atoms with Crippen LogP contribution in [0, 0.1) is 0 Å². The Kier molecular flexibility index (Phi) is 4.83. The van der Waals surface area contributed by atoms with Crippen molar-refractivity contribution < 1.29 is 14.3 Å². The van der Waals surface area contributed by atoms with E-state index in [4.69, 9.17) is 9.47 Å². The second-order valence-electron chi connectivity index (χ2n) is 6.94. The topological polar surface area (TPSA) is 67.8 Å². The average Bonchev–Trinajstić information content (AvgIpc) is 3.58. The summed E-state index contributed by atoms with van der Waals surface area (Å²) in [7, 11) is 3.16. The normalized spacial score (nSPS) is 17.0. The summed E-state index contributed by atoms with van der Waals surface area (Å²) in [5.41, 5.74) is 1.65. The van der Waals surface area contributed by atoms with Crippen molar-refractivity contribution in [2.24, 2.45) is 0 Å². The molecule has 2 heterocycles. The van der Waals surface area contributed by atoms with Crippen molar-refractivity contribution in [1.82, 2.24) is 15.1 Å². The predicted molar refractivity (Wildman–Crippen MR) is 102 cm³/mol. The highest BCUT2D eigenvalue weighted by molar-refractivity contribution is 5.97. The number of carbonyl (C=O) groups excluding carboxylic acids is 1. The number of anilines is 1. The van der Waals surface area contributed by atoms with Crippen molar-refractivity contribution >= 4 is 11.7 Å². The van der Waals surface area contributed by atoms with Crippen LogP contribution in [-0.2, 0) is 0 Å². The molecule has 1 amide bonds. The largest absolute Gasteiger partial charge is 0.497 e. The number of carbonyl (C=O) groups is 1. The first-order valence-electron chi connectivity index (χ1n) is 9.29. The molecule has 0 N–H and O–H groups in total. The molecule has 0 bridgehead atoms. The monoisotopic (exact) mass is 368 g/mol. The number of ether oxygens (including phenoxy) is 2. The van der Waals surface area contributed by atoms with Crippen molar-refractivity contribution in [2.75, 3.05) is 45.3 Å². The summed E-state index contributed by atoms with van der Waals surface area (Å²) in [6.07, 6.45) is 2.45. The van der Waals surface area contributed by atoms with Crippen LogP contribution in [0.2, 0.25) is 0 Å². The van der Waals surface area contributed by atoms with Gasteiger partial charge in [-0.25, -0.2) is 0 Å². The zero-order chi connectivity index (χ0) is 18.8. The van der Waals surface area contributed by atoms with Crippen molar-refractivity contribution in [3.05, 3.63) is 41.6 Å². The lowest BCUT2D eigenvalue weighted by Gasteiger charge is -2.35. The fourth-order valence-corrected chi connectivity index (χ4v) is 3.39. The molecule has 2 aromatic rings. The summed E-state index contributed by atoms with van der Waals surface area (Å²) < 4.78 is 10.6. The molecule has 0 spiro atoms. The van der Waals surface area contributed by atoms with Gasteiger partial charge in [-0.15, -0.1) is 5.10 Å². The van der Waals surface area contributed by atoms with Crippen molar-refractivity contribution in [3.63, 3.8) is 0 Å². The second-order valence-corrected chi connectivity index (χ2v) is 6.94. The van der Waals surface area contributed by atoms with E-state index in [1.807, 2.05) is 11.0 Å². The molecule has 2 fully saturated rings. The molecule has 1 aromatic carbocycles. The van der Waals surface area contributed by atoms with Gasteiger partial charge in [0.15, 0.2) is 5.82 Å². The second kappa shape index (κ2) is 7.42. The number of hydrogen-bond donors (Lipinski definition) is 0. The number of nitrogens with zero attached hydrogens (tertiary/aromatic N) is 4. The maximum atomic E-state index is 12.9. The lowest BCUT2D eigenvalue weighted by molar-refractivity contribution is 0.0743. The fraction of sp³-hybridized carbons (Fsp3) is 0.450. The van der Waals surface area contributed by atoms with Gasteiger partial charge < -0.3 is 19.3 Å². The van der Waals surface area contributed by atoms with Crippen LogP contribution in [-0.4, -0.2) is 61.4 Å². The van der Waals surface area contributed by atoms with Crippen molar-refractivity contribution in [2.45, 2.75) is 18.8 Å². The van der Waals surface area contributed by atoms with E-state index in [0.29, 0.717) is 36.1 Å². The third-order valence-corrected chi connectivity index (χ3v) is 5.20. The Morgan fingerprint density at radius 1 is 1.00 bits per heavy atom. The summed E-state index contributed by atoms with van der Waals surface area (Å²) in [5.74, 6) is 2.67. The number of benzene rings is 1. The van der Waals surface area contributed by atoms with Crippen LogP contribution in [0.3, 0.4) is 0 Å². The summed E-state index contributed by atoms with van der Waals surface area (Å²) in [4.78, 5) is 16.9. The molecule has 0 radical (unpaired) electrons. The molecule has 0 unspecified atom stereocenters. The van der Waals surface area contributed by atoms with Crippen molar-refractivity contribution in [1.29, 1.82) is 0 Å². The Balaban J connectivity index is 1.40. The van der Waals surface area contributed by atoms with Crippen LogP contribution in [0.4, 0.5) is 5.82 Å². The van der Waals surface area contributed by atoms with E-state index < -0.39 is 0 Å². The molecule has 2 aliphatic rings. The third-order valence-electron chi connectivity index (χ3n) is 5.20. The Labute approximate surface area is 158 Å². The molecule has 1 saturated carbocycles. The molecule has 27 heavy (non-hydrogen) atoms. The molecule has 1 aliphatic carbocycles. The number of amides is 1. The van der Waals surface area contributed by atoms with E-state index in [1.54, 1.807) is 32.4 Å². The molecule has 1 aromatic heterocycles. The van der Waals surface area contributed by atoms with Gasteiger partial charge in [0, 0.05) is 38.2 Å². The summed E-state index contributed by atoms with van der Waals surface area (Å²) >= 11 is 0. The van der Waals surface area contributed by atoms with Crippen LogP contribution in [0.15, 0.2) is 30.3 Å². The van der Waals surface area contributed by atoms with Gasteiger partial charge in [0.1, 0.15) is 11.5 Å². The lowest BCUT2D eigenvalue weighted by atomic mass is 10.1. The maximum Gasteiger partial charge on any atom is 0.257 e. The molecule has 142 valence electrons. The van der Waals surface area contributed by atoms with Crippen LogP contribution in [0.1, 0.15) is 34.8 Å². The molecule has 0 atom stereocenters. The minimum atomic E-state index is -0.0238. The maximum absolute atomic E-state index is 12.9. The molecule has 1 saturated heterocycles. The summed E-state index contributed by atoms with van der Waals surface area (Å²) in [5, 5.41) is 8.73. The van der Waals surface area contributed by atoms with Crippen LogP contribution >= 0.6 is 0 Å². The standard InChI is InChI=1S/C20H24N4O3/c1-26-15-5-6-16(18(13-15)27-2)20(25)24-11-9-23(10-12-24)19-8-7-17(21-22-19)14-3-4-14/h5-8,13-14H,3-4,9-12H2,1-2H3. The van der Waals surface area contributed by atoms with Gasteiger partial charge in [-0.2, -0.15) is 5.10 Å². The SMILES string of the molecule is COc1ccc(C(=O)N2CCN(c3ccc(C4CC4)nn3)CC2)c(OC)c1. The third kappa shape index (κ3) is 3.67. The van der Waals surface area contributed by atoms with Crippen LogP contribution < -0.4 is 14.4 Å². The van der Waals surface area contributed by atoms with Gasteiger partial charge in [-0.3, -0.25) is 4.79 Å². The van der Waals surface area contributed by atoms with E-state index in [0.717, 1.165) is 24.6 Å². The van der Waals surface area contributed by atoms with Crippen LogP contribution in [0.25, 0.3) is 0 Å². The predicted octanol–water partition coefficient (Wildman–Crippen LogP) is 2.33. The molecular weight excluding hydrogens is 344 g/mol. The first kappa shape index (κ1) is 17.6. The zero-order valence-electron chi connectivity index (χ0n) is 15.7. The van der Waals surface area contributed by atoms with Crippen molar-refractivity contribution in [3.8, 4) is 11.5 Å². The highest BCUT2D eigenvalue weighted by Gasteiger charge is 2.27. The Morgan fingerprint density at radius 3 is 2.37 bits per heavy atom.